The largest absolute Gasteiger partial charge is 0.397 e. The molecule has 0 spiro atoms. The van der Waals surface area contributed by atoms with Crippen molar-refractivity contribution in [1.29, 1.82) is 0 Å². The third kappa shape index (κ3) is 2.60. The Kier molecular flexibility index (Phi) is 3.48. The number of nitrogens with two attached hydrogens (primary N) is 1. The van der Waals surface area contributed by atoms with Crippen molar-refractivity contribution in [3.63, 3.8) is 0 Å². The number of amides is 1. The molecule has 0 aliphatic carbocycles. The quantitative estimate of drug-likeness (QED) is 0.818. The van der Waals surface area contributed by atoms with E-state index in [-0.39, 0.29) is 11.4 Å². The standard InChI is InChI=1S/C13H10ClFN2O/c14-9-6-4-8(5-7-9)13(18)17-12-10(15)2-1-3-11(12)16/h1-7H,16H2,(H,17,18). The number of carbonyl (C=O) groups excluding carboxylic acids is 1. The third-order valence-electron chi connectivity index (χ3n) is 2.39. The van der Waals surface area contributed by atoms with Crippen molar-refractivity contribution in [3.05, 3.63) is 58.9 Å². The van der Waals surface area contributed by atoms with Gasteiger partial charge in [-0.1, -0.05) is 17.7 Å². The Morgan fingerprint density at radius 1 is 1.17 bits per heavy atom. The van der Waals surface area contributed by atoms with Crippen LogP contribution in [-0.4, -0.2) is 5.91 Å². The Morgan fingerprint density at radius 2 is 1.83 bits per heavy atom. The van der Waals surface area contributed by atoms with Crippen LogP contribution in [0.25, 0.3) is 0 Å². The van der Waals surface area contributed by atoms with Gasteiger partial charge in [0.25, 0.3) is 5.91 Å². The molecule has 0 atom stereocenters. The van der Waals surface area contributed by atoms with Gasteiger partial charge in [0.1, 0.15) is 11.5 Å². The first-order valence-corrected chi connectivity index (χ1v) is 5.56. The van der Waals surface area contributed by atoms with Crippen molar-refractivity contribution in [2.75, 3.05) is 11.1 Å². The molecular weight excluding hydrogens is 255 g/mol. The van der Waals surface area contributed by atoms with Gasteiger partial charge in [-0.15, -0.1) is 0 Å². The van der Waals surface area contributed by atoms with Gasteiger partial charge in [0, 0.05) is 10.6 Å². The summed E-state index contributed by atoms with van der Waals surface area (Å²) in [5.74, 6) is -1.01. The number of hydrogen-bond acceptors (Lipinski definition) is 2. The number of halogens is 2. The molecule has 2 aromatic carbocycles. The van der Waals surface area contributed by atoms with Crippen LogP contribution < -0.4 is 11.1 Å². The fourth-order valence-electron chi connectivity index (χ4n) is 1.46. The molecule has 3 nitrogen and oxygen atoms in total. The summed E-state index contributed by atoms with van der Waals surface area (Å²) in [5, 5.41) is 2.96. The highest BCUT2D eigenvalue weighted by molar-refractivity contribution is 6.30. The normalized spacial score (nSPS) is 10.1. The van der Waals surface area contributed by atoms with Crippen LogP contribution in [0.1, 0.15) is 10.4 Å². The molecule has 0 saturated carbocycles. The SMILES string of the molecule is Nc1cccc(F)c1NC(=O)c1ccc(Cl)cc1. The van der Waals surface area contributed by atoms with Crippen LogP contribution in [0, 0.1) is 5.82 Å². The molecule has 0 aromatic heterocycles. The number of para-hydroxylation sites is 1. The summed E-state index contributed by atoms with van der Waals surface area (Å²) in [6, 6.07) is 10.5. The van der Waals surface area contributed by atoms with Crippen molar-refractivity contribution in [2.45, 2.75) is 0 Å². The molecule has 5 heteroatoms. The maximum Gasteiger partial charge on any atom is 0.255 e. The van der Waals surface area contributed by atoms with Crippen LogP contribution in [0.4, 0.5) is 15.8 Å². The molecule has 92 valence electrons. The molecular formula is C13H10ClFN2O. The summed E-state index contributed by atoms with van der Waals surface area (Å²) in [7, 11) is 0. The summed E-state index contributed by atoms with van der Waals surface area (Å²) in [5.41, 5.74) is 6.13. The minimum Gasteiger partial charge on any atom is -0.397 e. The molecule has 0 radical (unpaired) electrons. The first-order valence-electron chi connectivity index (χ1n) is 5.19. The van der Waals surface area contributed by atoms with E-state index >= 15 is 0 Å². The second-order valence-electron chi connectivity index (χ2n) is 3.67. The van der Waals surface area contributed by atoms with E-state index < -0.39 is 11.7 Å². The zero-order valence-corrected chi connectivity index (χ0v) is 10.0. The molecule has 0 fully saturated rings. The lowest BCUT2D eigenvalue weighted by atomic mass is 10.2. The molecule has 2 aromatic rings. The Labute approximate surface area is 108 Å². The first kappa shape index (κ1) is 12.4. The van der Waals surface area contributed by atoms with Gasteiger partial charge in [0.15, 0.2) is 0 Å². The molecule has 0 heterocycles. The summed E-state index contributed by atoms with van der Waals surface area (Å²) in [6.45, 7) is 0. The molecule has 0 saturated heterocycles. The monoisotopic (exact) mass is 264 g/mol. The number of carbonyl (C=O) groups is 1. The average Bonchev–Trinajstić information content (AvgIpc) is 2.34. The summed E-state index contributed by atoms with van der Waals surface area (Å²) in [6.07, 6.45) is 0. The van der Waals surface area contributed by atoms with Crippen LogP contribution in [0.5, 0.6) is 0 Å². The Balaban J connectivity index is 2.24. The minimum absolute atomic E-state index is 0.0162. The van der Waals surface area contributed by atoms with Crippen LogP contribution >= 0.6 is 11.6 Å². The van der Waals surface area contributed by atoms with Crippen LogP contribution in [-0.2, 0) is 0 Å². The van der Waals surface area contributed by atoms with Crippen molar-refractivity contribution >= 4 is 28.9 Å². The third-order valence-corrected chi connectivity index (χ3v) is 2.64. The van der Waals surface area contributed by atoms with Gasteiger partial charge >= 0.3 is 0 Å². The van der Waals surface area contributed by atoms with E-state index in [0.29, 0.717) is 10.6 Å². The molecule has 18 heavy (non-hydrogen) atoms. The number of hydrogen-bond donors (Lipinski definition) is 2. The predicted molar refractivity (Wildman–Crippen MR) is 70.2 cm³/mol. The number of rotatable bonds is 2. The van der Waals surface area contributed by atoms with Crippen LogP contribution in [0.2, 0.25) is 5.02 Å². The van der Waals surface area contributed by atoms with E-state index in [1.165, 1.54) is 18.2 Å². The van der Waals surface area contributed by atoms with E-state index in [4.69, 9.17) is 17.3 Å². The lowest BCUT2D eigenvalue weighted by molar-refractivity contribution is 0.102. The first-order chi connectivity index (χ1) is 8.58. The van der Waals surface area contributed by atoms with Crippen LogP contribution in [0.3, 0.4) is 0 Å². The molecule has 0 aliphatic heterocycles. The van der Waals surface area contributed by atoms with E-state index in [1.54, 1.807) is 24.3 Å². The topological polar surface area (TPSA) is 55.1 Å². The van der Waals surface area contributed by atoms with Gasteiger partial charge in [-0.3, -0.25) is 4.79 Å². The summed E-state index contributed by atoms with van der Waals surface area (Å²) >= 11 is 5.72. The van der Waals surface area contributed by atoms with Crippen molar-refractivity contribution in [1.82, 2.24) is 0 Å². The molecule has 2 rings (SSSR count). The summed E-state index contributed by atoms with van der Waals surface area (Å²) < 4.78 is 13.5. The second-order valence-corrected chi connectivity index (χ2v) is 4.10. The number of nitrogens with one attached hydrogen (secondary N) is 1. The smallest absolute Gasteiger partial charge is 0.255 e. The van der Waals surface area contributed by atoms with E-state index in [0.717, 1.165) is 0 Å². The fraction of sp³-hybridized carbons (Fsp3) is 0. The Morgan fingerprint density at radius 3 is 2.44 bits per heavy atom. The maximum atomic E-state index is 13.5. The van der Waals surface area contributed by atoms with Gasteiger partial charge in [-0.25, -0.2) is 4.39 Å². The predicted octanol–water partition coefficient (Wildman–Crippen LogP) is 3.31. The average molecular weight is 265 g/mol. The lowest BCUT2D eigenvalue weighted by Gasteiger charge is -2.09. The number of anilines is 2. The zero-order valence-electron chi connectivity index (χ0n) is 9.28. The highest BCUT2D eigenvalue weighted by Gasteiger charge is 2.11. The molecule has 1 amide bonds. The zero-order chi connectivity index (χ0) is 13.1. The molecule has 0 bridgehead atoms. The minimum atomic E-state index is -0.572. The number of nitrogen functional groups attached to an aromatic ring is 1. The van der Waals surface area contributed by atoms with Crippen LogP contribution in [0.15, 0.2) is 42.5 Å². The second kappa shape index (κ2) is 5.06. The Bertz CT molecular complexity index is 564. The number of benzene rings is 2. The fourth-order valence-corrected chi connectivity index (χ4v) is 1.59. The van der Waals surface area contributed by atoms with Gasteiger partial charge < -0.3 is 11.1 Å². The Hall–Kier alpha value is -2.07. The molecule has 0 aliphatic rings. The summed E-state index contributed by atoms with van der Waals surface area (Å²) in [4.78, 5) is 11.9. The molecule has 3 N–H and O–H groups in total. The van der Waals surface area contributed by atoms with Crippen molar-refractivity contribution in [3.8, 4) is 0 Å². The van der Waals surface area contributed by atoms with Crippen molar-refractivity contribution < 1.29 is 9.18 Å². The highest BCUT2D eigenvalue weighted by Crippen LogP contribution is 2.22. The van der Waals surface area contributed by atoms with Gasteiger partial charge in [0.2, 0.25) is 0 Å². The lowest BCUT2D eigenvalue weighted by Crippen LogP contribution is -2.14. The van der Waals surface area contributed by atoms with Gasteiger partial charge in [-0.2, -0.15) is 0 Å². The van der Waals surface area contributed by atoms with E-state index in [2.05, 4.69) is 5.32 Å². The molecule has 0 unspecified atom stereocenters. The maximum absolute atomic E-state index is 13.5. The van der Waals surface area contributed by atoms with Gasteiger partial charge in [0.05, 0.1) is 5.69 Å². The highest BCUT2D eigenvalue weighted by atomic mass is 35.5. The van der Waals surface area contributed by atoms with E-state index in [1.807, 2.05) is 0 Å². The van der Waals surface area contributed by atoms with Gasteiger partial charge in [-0.05, 0) is 36.4 Å². The van der Waals surface area contributed by atoms with E-state index in [9.17, 15) is 9.18 Å². The van der Waals surface area contributed by atoms with Crippen molar-refractivity contribution in [2.24, 2.45) is 0 Å².